The SMILES string of the molecule is Cc1ccc(CN(C)C(=O)Cc2cccc(Cl)c2)cc1. The van der Waals surface area contributed by atoms with Gasteiger partial charge in [-0.05, 0) is 30.2 Å². The first-order valence-electron chi connectivity index (χ1n) is 6.58. The van der Waals surface area contributed by atoms with Gasteiger partial charge in [-0.3, -0.25) is 4.79 Å². The fraction of sp³-hybridized carbons (Fsp3) is 0.235. The maximum atomic E-state index is 12.2. The first kappa shape index (κ1) is 14.6. The molecule has 2 nitrogen and oxygen atoms in total. The molecule has 1 amide bonds. The second-order valence-corrected chi connectivity index (χ2v) is 5.48. The van der Waals surface area contributed by atoms with Gasteiger partial charge in [0, 0.05) is 18.6 Å². The van der Waals surface area contributed by atoms with Crippen LogP contribution in [0.5, 0.6) is 0 Å². The van der Waals surface area contributed by atoms with Gasteiger partial charge >= 0.3 is 0 Å². The van der Waals surface area contributed by atoms with Gasteiger partial charge in [0.05, 0.1) is 6.42 Å². The van der Waals surface area contributed by atoms with E-state index in [1.165, 1.54) is 5.56 Å². The van der Waals surface area contributed by atoms with E-state index in [4.69, 9.17) is 11.6 Å². The molecule has 2 rings (SSSR count). The van der Waals surface area contributed by atoms with Crippen molar-refractivity contribution in [3.05, 3.63) is 70.2 Å². The number of likely N-dealkylation sites (N-methyl/N-ethyl adjacent to an activating group) is 1. The van der Waals surface area contributed by atoms with Crippen molar-refractivity contribution in [2.24, 2.45) is 0 Å². The molecule has 0 fully saturated rings. The summed E-state index contributed by atoms with van der Waals surface area (Å²) in [5.74, 6) is 0.0906. The molecule has 0 saturated carbocycles. The number of hydrogen-bond donors (Lipinski definition) is 0. The van der Waals surface area contributed by atoms with E-state index in [-0.39, 0.29) is 5.91 Å². The van der Waals surface area contributed by atoms with E-state index in [1.807, 2.05) is 31.3 Å². The molecule has 0 aliphatic heterocycles. The molecule has 0 radical (unpaired) electrons. The zero-order valence-corrected chi connectivity index (χ0v) is 12.5. The molecule has 2 aromatic rings. The van der Waals surface area contributed by atoms with Crippen molar-refractivity contribution in [3.63, 3.8) is 0 Å². The maximum Gasteiger partial charge on any atom is 0.227 e. The van der Waals surface area contributed by atoms with Crippen LogP contribution in [0.15, 0.2) is 48.5 Å². The summed E-state index contributed by atoms with van der Waals surface area (Å²) in [5, 5.41) is 0.663. The third kappa shape index (κ3) is 4.10. The lowest BCUT2D eigenvalue weighted by molar-refractivity contribution is -0.129. The Hall–Kier alpha value is -1.80. The first-order chi connectivity index (χ1) is 9.54. The minimum atomic E-state index is 0.0906. The van der Waals surface area contributed by atoms with E-state index in [9.17, 15) is 4.79 Å². The normalized spacial score (nSPS) is 10.3. The zero-order valence-electron chi connectivity index (χ0n) is 11.8. The topological polar surface area (TPSA) is 20.3 Å². The monoisotopic (exact) mass is 287 g/mol. The summed E-state index contributed by atoms with van der Waals surface area (Å²) < 4.78 is 0. The number of rotatable bonds is 4. The zero-order chi connectivity index (χ0) is 14.5. The molecule has 0 heterocycles. The van der Waals surface area contributed by atoms with Crippen LogP contribution in [0.1, 0.15) is 16.7 Å². The molecule has 0 unspecified atom stereocenters. The predicted molar refractivity (Wildman–Crippen MR) is 82.8 cm³/mol. The summed E-state index contributed by atoms with van der Waals surface area (Å²) in [5.41, 5.74) is 3.30. The Morgan fingerprint density at radius 3 is 2.45 bits per heavy atom. The van der Waals surface area contributed by atoms with Gasteiger partial charge in [-0.15, -0.1) is 0 Å². The van der Waals surface area contributed by atoms with Crippen LogP contribution in [0.25, 0.3) is 0 Å². The molecular formula is C17H18ClNO. The van der Waals surface area contributed by atoms with Crippen molar-refractivity contribution in [2.45, 2.75) is 19.9 Å². The number of aryl methyl sites for hydroxylation is 1. The molecule has 0 spiro atoms. The van der Waals surface area contributed by atoms with Crippen LogP contribution in [0, 0.1) is 6.92 Å². The van der Waals surface area contributed by atoms with Gasteiger partial charge in [-0.2, -0.15) is 0 Å². The number of carbonyl (C=O) groups excluding carboxylic acids is 1. The van der Waals surface area contributed by atoms with E-state index < -0.39 is 0 Å². The van der Waals surface area contributed by atoms with Crippen LogP contribution in [0.2, 0.25) is 5.02 Å². The summed E-state index contributed by atoms with van der Waals surface area (Å²) in [7, 11) is 1.83. The minimum Gasteiger partial charge on any atom is -0.341 e. The number of nitrogens with zero attached hydrogens (tertiary/aromatic N) is 1. The average molecular weight is 288 g/mol. The highest BCUT2D eigenvalue weighted by atomic mass is 35.5. The van der Waals surface area contributed by atoms with Gasteiger partial charge < -0.3 is 4.90 Å². The third-order valence-electron chi connectivity index (χ3n) is 3.21. The highest BCUT2D eigenvalue weighted by Gasteiger charge is 2.10. The number of halogens is 1. The first-order valence-corrected chi connectivity index (χ1v) is 6.96. The van der Waals surface area contributed by atoms with Crippen LogP contribution >= 0.6 is 11.6 Å². The Labute approximate surface area is 125 Å². The van der Waals surface area contributed by atoms with Crippen LogP contribution in [0.4, 0.5) is 0 Å². The Kier molecular flexibility index (Phi) is 4.80. The smallest absolute Gasteiger partial charge is 0.227 e. The fourth-order valence-electron chi connectivity index (χ4n) is 2.01. The molecule has 3 heteroatoms. The minimum absolute atomic E-state index is 0.0906. The molecule has 0 aliphatic carbocycles. The molecule has 20 heavy (non-hydrogen) atoms. The summed E-state index contributed by atoms with van der Waals surface area (Å²) in [4.78, 5) is 13.9. The van der Waals surface area contributed by atoms with Gasteiger partial charge in [0.15, 0.2) is 0 Å². The van der Waals surface area contributed by atoms with Gasteiger partial charge in [-0.1, -0.05) is 53.6 Å². The van der Waals surface area contributed by atoms with Gasteiger partial charge in [0.2, 0.25) is 5.91 Å². The Morgan fingerprint density at radius 1 is 1.10 bits per heavy atom. The molecule has 0 N–H and O–H groups in total. The summed E-state index contributed by atoms with van der Waals surface area (Å²) in [6.45, 7) is 2.68. The summed E-state index contributed by atoms with van der Waals surface area (Å²) in [6, 6.07) is 15.7. The summed E-state index contributed by atoms with van der Waals surface area (Å²) in [6.07, 6.45) is 0.378. The number of amides is 1. The second-order valence-electron chi connectivity index (χ2n) is 5.04. The molecule has 104 valence electrons. The second kappa shape index (κ2) is 6.58. The molecule has 0 atom stereocenters. The highest BCUT2D eigenvalue weighted by Crippen LogP contribution is 2.13. The lowest BCUT2D eigenvalue weighted by Crippen LogP contribution is -2.27. The quantitative estimate of drug-likeness (QED) is 0.836. The van der Waals surface area contributed by atoms with Crippen molar-refractivity contribution in [3.8, 4) is 0 Å². The largest absolute Gasteiger partial charge is 0.341 e. The molecule has 0 bridgehead atoms. The van der Waals surface area contributed by atoms with E-state index >= 15 is 0 Å². The van der Waals surface area contributed by atoms with E-state index in [1.54, 1.807) is 4.90 Å². The Bertz CT molecular complexity index is 592. The molecule has 0 aromatic heterocycles. The summed E-state index contributed by atoms with van der Waals surface area (Å²) >= 11 is 5.93. The Morgan fingerprint density at radius 2 is 1.80 bits per heavy atom. The molecule has 0 aliphatic rings. The van der Waals surface area contributed by atoms with Gasteiger partial charge in [0.25, 0.3) is 0 Å². The lowest BCUT2D eigenvalue weighted by atomic mass is 10.1. The number of benzene rings is 2. The van der Waals surface area contributed by atoms with Crippen LogP contribution in [-0.4, -0.2) is 17.9 Å². The van der Waals surface area contributed by atoms with Crippen LogP contribution < -0.4 is 0 Å². The van der Waals surface area contributed by atoms with Crippen molar-refractivity contribution >= 4 is 17.5 Å². The van der Waals surface area contributed by atoms with E-state index in [0.717, 1.165) is 11.1 Å². The van der Waals surface area contributed by atoms with Crippen molar-refractivity contribution in [2.75, 3.05) is 7.05 Å². The predicted octanol–water partition coefficient (Wildman–Crippen LogP) is 3.85. The van der Waals surface area contributed by atoms with E-state index in [0.29, 0.717) is 18.0 Å². The average Bonchev–Trinajstić information content (AvgIpc) is 2.41. The van der Waals surface area contributed by atoms with Crippen molar-refractivity contribution in [1.82, 2.24) is 4.90 Å². The molecule has 0 saturated heterocycles. The standard InChI is InChI=1S/C17H18ClNO/c1-13-6-8-14(9-7-13)12-19(2)17(20)11-15-4-3-5-16(18)10-15/h3-10H,11-12H2,1-2H3. The Balaban J connectivity index is 1.96. The van der Waals surface area contributed by atoms with Gasteiger partial charge in [-0.25, -0.2) is 0 Å². The van der Waals surface area contributed by atoms with E-state index in [2.05, 4.69) is 31.2 Å². The highest BCUT2D eigenvalue weighted by molar-refractivity contribution is 6.30. The number of carbonyl (C=O) groups is 1. The lowest BCUT2D eigenvalue weighted by Gasteiger charge is -2.17. The van der Waals surface area contributed by atoms with Crippen LogP contribution in [-0.2, 0) is 17.8 Å². The molecular weight excluding hydrogens is 270 g/mol. The fourth-order valence-corrected chi connectivity index (χ4v) is 2.22. The van der Waals surface area contributed by atoms with Crippen molar-refractivity contribution in [1.29, 1.82) is 0 Å². The maximum absolute atomic E-state index is 12.2. The van der Waals surface area contributed by atoms with Gasteiger partial charge in [0.1, 0.15) is 0 Å². The number of hydrogen-bond acceptors (Lipinski definition) is 1. The van der Waals surface area contributed by atoms with Crippen LogP contribution in [0.3, 0.4) is 0 Å². The molecule has 2 aromatic carbocycles. The third-order valence-corrected chi connectivity index (χ3v) is 3.45. The van der Waals surface area contributed by atoms with Crippen molar-refractivity contribution < 1.29 is 4.79 Å².